The van der Waals surface area contributed by atoms with Gasteiger partial charge in [0.1, 0.15) is 0 Å². The molecular weight excluding hydrogens is 259 g/mol. The van der Waals surface area contributed by atoms with Crippen LogP contribution in [0.5, 0.6) is 0 Å². The molecule has 92 valence electrons. The van der Waals surface area contributed by atoms with E-state index in [2.05, 4.69) is 0 Å². The lowest BCUT2D eigenvalue weighted by molar-refractivity contribution is -0.338. The van der Waals surface area contributed by atoms with Gasteiger partial charge >= 0.3 is 26.4 Å². The van der Waals surface area contributed by atoms with E-state index in [-0.39, 0.29) is 0 Å². The van der Waals surface area contributed by atoms with Crippen molar-refractivity contribution in [2.45, 2.75) is 30.6 Å². The molecule has 0 amide bonds. The van der Waals surface area contributed by atoms with Gasteiger partial charge in [0.2, 0.25) is 0 Å². The van der Waals surface area contributed by atoms with E-state index in [1.54, 1.807) is 0 Å². The largest absolute Gasteiger partial charge is 0.500 e. The van der Waals surface area contributed by atoms with E-state index in [0.717, 1.165) is 0 Å². The van der Waals surface area contributed by atoms with Crippen LogP contribution in [-0.2, 0) is 0 Å². The minimum Gasteiger partial charge on any atom is -0.264 e. The maximum atomic E-state index is 12.4. The van der Waals surface area contributed by atoms with E-state index in [1.807, 2.05) is 0 Å². The van der Waals surface area contributed by atoms with Gasteiger partial charge in [-0.1, -0.05) is 6.92 Å². The standard InChI is InChI=1S/C5H5F9Si/c1-2-15(13,14)5(11,12)3(6,7)4(8,9)10/h2H2,1H3. The molecule has 0 rings (SSSR count). The topological polar surface area (TPSA) is 0 Å². The molecule has 0 aromatic heterocycles. The summed E-state index contributed by atoms with van der Waals surface area (Å²) in [4.78, 5) is 0. The van der Waals surface area contributed by atoms with Crippen molar-refractivity contribution in [1.29, 1.82) is 0 Å². The second-order valence-electron chi connectivity index (χ2n) is 2.70. The van der Waals surface area contributed by atoms with Crippen LogP contribution in [0.25, 0.3) is 0 Å². The highest BCUT2D eigenvalue weighted by Gasteiger charge is 2.82. The first-order valence-corrected chi connectivity index (χ1v) is 5.47. The van der Waals surface area contributed by atoms with Gasteiger partial charge in [-0.05, 0) is 0 Å². The van der Waals surface area contributed by atoms with Crippen molar-refractivity contribution < 1.29 is 38.9 Å². The molecule has 0 aromatic carbocycles. The molecule has 0 spiro atoms. The number of halogens is 9. The third-order valence-corrected chi connectivity index (χ3v) is 3.77. The van der Waals surface area contributed by atoms with E-state index in [9.17, 15) is 38.9 Å². The highest BCUT2D eigenvalue weighted by Crippen LogP contribution is 2.51. The molecule has 0 bridgehead atoms. The molecule has 15 heavy (non-hydrogen) atoms. The van der Waals surface area contributed by atoms with Gasteiger partial charge in [0.25, 0.3) is 0 Å². The molecule has 0 nitrogen and oxygen atoms in total. The van der Waals surface area contributed by atoms with Crippen LogP contribution in [0.15, 0.2) is 0 Å². The first-order chi connectivity index (χ1) is 6.31. The summed E-state index contributed by atoms with van der Waals surface area (Å²) in [6, 6.07) is -1.69. The van der Waals surface area contributed by atoms with Crippen molar-refractivity contribution in [3.8, 4) is 0 Å². The summed E-state index contributed by atoms with van der Waals surface area (Å²) in [6.45, 7) is 0.437. The fourth-order valence-corrected chi connectivity index (χ4v) is 1.67. The molecule has 0 heterocycles. The van der Waals surface area contributed by atoms with Crippen LogP contribution in [0.4, 0.5) is 38.9 Å². The molecule has 0 fully saturated rings. The van der Waals surface area contributed by atoms with Crippen molar-refractivity contribution in [2.24, 2.45) is 0 Å². The van der Waals surface area contributed by atoms with Crippen LogP contribution >= 0.6 is 0 Å². The molecule has 0 aromatic rings. The fourth-order valence-electron chi connectivity index (χ4n) is 0.630. The lowest BCUT2D eigenvalue weighted by Gasteiger charge is -2.31. The van der Waals surface area contributed by atoms with Gasteiger partial charge in [-0.25, -0.2) is 0 Å². The first kappa shape index (κ1) is 14.6. The average molecular weight is 264 g/mol. The zero-order valence-corrected chi connectivity index (χ0v) is 8.11. The van der Waals surface area contributed by atoms with Gasteiger partial charge in [-0.15, -0.1) is 0 Å². The summed E-state index contributed by atoms with van der Waals surface area (Å²) in [6.07, 6.45) is -6.69. The molecule has 0 aliphatic carbocycles. The number of rotatable bonds is 3. The van der Waals surface area contributed by atoms with Crippen LogP contribution in [0.2, 0.25) is 6.04 Å². The molecule has 0 atom stereocenters. The smallest absolute Gasteiger partial charge is 0.264 e. The average Bonchev–Trinajstić information content (AvgIpc) is 2.01. The lowest BCUT2D eigenvalue weighted by atomic mass is 10.3. The number of alkyl halides is 7. The summed E-state index contributed by atoms with van der Waals surface area (Å²) in [5, 5.41) is 0. The Hall–Kier alpha value is -0.413. The summed E-state index contributed by atoms with van der Waals surface area (Å²) in [7, 11) is -6.95. The predicted molar refractivity (Wildman–Crippen MR) is 34.4 cm³/mol. The van der Waals surface area contributed by atoms with Crippen LogP contribution in [0, 0.1) is 0 Å². The summed E-state index contributed by atoms with van der Waals surface area (Å²) >= 11 is 0. The van der Waals surface area contributed by atoms with Crippen LogP contribution in [0.3, 0.4) is 0 Å². The molecule has 0 N–H and O–H groups in total. The normalized spacial score (nSPS) is 15.6. The predicted octanol–water partition coefficient (Wildman–Crippen LogP) is 3.76. The number of hydrogen-bond donors (Lipinski definition) is 0. The SMILES string of the molecule is CC[Si](F)(F)C(F)(F)C(F)(F)C(F)(F)F. The van der Waals surface area contributed by atoms with Gasteiger partial charge in [0, 0.05) is 6.04 Å². The van der Waals surface area contributed by atoms with Crippen molar-refractivity contribution >= 4 is 8.74 Å². The second-order valence-corrected chi connectivity index (χ2v) is 5.45. The third kappa shape index (κ3) is 2.08. The van der Waals surface area contributed by atoms with Gasteiger partial charge < -0.3 is 0 Å². The highest BCUT2D eigenvalue weighted by molar-refractivity contribution is 6.68. The van der Waals surface area contributed by atoms with Crippen molar-refractivity contribution in [1.82, 2.24) is 0 Å². The Balaban J connectivity index is 5.38. The van der Waals surface area contributed by atoms with Crippen molar-refractivity contribution in [2.75, 3.05) is 0 Å². The minimum atomic E-state index is -6.95. The summed E-state index contributed by atoms with van der Waals surface area (Å²) in [5.41, 5.74) is -6.33. The van der Waals surface area contributed by atoms with E-state index < -0.39 is 32.4 Å². The molecule has 0 aliphatic rings. The van der Waals surface area contributed by atoms with Gasteiger partial charge in [0.05, 0.1) is 0 Å². The molecule has 0 radical (unpaired) electrons. The Morgan fingerprint density at radius 3 is 1.40 bits per heavy atom. The van der Waals surface area contributed by atoms with Gasteiger partial charge in [-0.3, -0.25) is 8.22 Å². The second kappa shape index (κ2) is 3.56. The zero-order chi connectivity index (χ0) is 12.7. The Kier molecular flexibility index (Phi) is 3.46. The van der Waals surface area contributed by atoms with Crippen molar-refractivity contribution in [3.05, 3.63) is 0 Å². The van der Waals surface area contributed by atoms with E-state index in [0.29, 0.717) is 6.92 Å². The Labute approximate surface area is 79.4 Å². The molecule has 0 saturated heterocycles. The Morgan fingerprint density at radius 1 is 0.867 bits per heavy atom. The third-order valence-electron chi connectivity index (χ3n) is 1.65. The van der Waals surface area contributed by atoms with E-state index in [4.69, 9.17) is 0 Å². The highest BCUT2D eigenvalue weighted by atomic mass is 28.4. The Morgan fingerprint density at radius 2 is 1.20 bits per heavy atom. The summed E-state index contributed by atoms with van der Waals surface area (Å²) < 4.78 is 108. The summed E-state index contributed by atoms with van der Waals surface area (Å²) in [5.74, 6) is -6.70. The molecule has 0 aliphatic heterocycles. The first-order valence-electron chi connectivity index (χ1n) is 3.51. The van der Waals surface area contributed by atoms with Crippen LogP contribution in [-0.4, -0.2) is 26.4 Å². The Bertz CT molecular complexity index is 229. The van der Waals surface area contributed by atoms with Crippen LogP contribution in [0.1, 0.15) is 6.92 Å². The number of hydrogen-bond acceptors (Lipinski definition) is 0. The zero-order valence-electron chi connectivity index (χ0n) is 7.11. The quantitative estimate of drug-likeness (QED) is 0.413. The van der Waals surface area contributed by atoms with E-state index >= 15 is 0 Å². The maximum absolute atomic E-state index is 12.4. The minimum absolute atomic E-state index is 0.437. The molecular formula is C5H5F9Si. The maximum Gasteiger partial charge on any atom is 0.500 e. The molecule has 10 heteroatoms. The molecule has 0 unspecified atom stereocenters. The van der Waals surface area contributed by atoms with Crippen LogP contribution < -0.4 is 0 Å². The van der Waals surface area contributed by atoms with Crippen molar-refractivity contribution in [3.63, 3.8) is 0 Å². The van der Waals surface area contributed by atoms with E-state index in [1.165, 1.54) is 0 Å². The molecule has 0 saturated carbocycles. The van der Waals surface area contributed by atoms with Gasteiger partial charge in [0.15, 0.2) is 0 Å². The van der Waals surface area contributed by atoms with Gasteiger partial charge in [-0.2, -0.15) is 30.7 Å². The lowest BCUT2D eigenvalue weighted by Crippen LogP contribution is -2.63. The monoisotopic (exact) mass is 264 g/mol. The fraction of sp³-hybridized carbons (Fsp3) is 1.00.